The predicted octanol–water partition coefficient (Wildman–Crippen LogP) is 2.72. The number of benzene rings is 2. The molecule has 0 aliphatic carbocycles. The van der Waals surface area contributed by atoms with Gasteiger partial charge in [0.1, 0.15) is 5.82 Å². The average molecular weight is 249 g/mol. The first-order valence-electron chi connectivity index (χ1n) is 5.15. The van der Waals surface area contributed by atoms with Crippen molar-refractivity contribution in [3.63, 3.8) is 0 Å². The first-order valence-corrected chi connectivity index (χ1v) is 6.46. The summed E-state index contributed by atoms with van der Waals surface area (Å²) in [6.07, 6.45) is 0. The summed E-state index contributed by atoms with van der Waals surface area (Å²) in [7, 11) is -1.41. The molecule has 0 radical (unpaired) electrons. The molecule has 0 saturated carbocycles. The summed E-state index contributed by atoms with van der Waals surface area (Å²) in [6, 6.07) is 13.3. The maximum atomic E-state index is 13.4. The summed E-state index contributed by atoms with van der Waals surface area (Å²) in [5.74, 6) is -0.214. The number of nitrogen functional groups attached to an aromatic ring is 1. The van der Waals surface area contributed by atoms with Crippen LogP contribution in [0.4, 0.5) is 10.1 Å². The molecule has 88 valence electrons. The minimum Gasteiger partial charge on any atom is -0.398 e. The molecule has 0 spiro atoms. The highest BCUT2D eigenvalue weighted by Crippen LogP contribution is 2.18. The molecule has 17 heavy (non-hydrogen) atoms. The Morgan fingerprint density at radius 2 is 1.71 bits per heavy atom. The van der Waals surface area contributed by atoms with E-state index >= 15 is 0 Å². The van der Waals surface area contributed by atoms with Crippen molar-refractivity contribution in [2.24, 2.45) is 0 Å². The average Bonchev–Trinajstić information content (AvgIpc) is 2.32. The van der Waals surface area contributed by atoms with Crippen molar-refractivity contribution >= 4 is 16.5 Å². The molecular formula is C13H12FNOS. The molecule has 0 aliphatic heterocycles. The largest absolute Gasteiger partial charge is 0.398 e. The molecule has 0 aliphatic rings. The molecule has 0 amide bonds. The quantitative estimate of drug-likeness (QED) is 0.850. The summed E-state index contributed by atoms with van der Waals surface area (Å²) in [4.78, 5) is 0.218. The lowest BCUT2D eigenvalue weighted by Crippen LogP contribution is -2.01. The fourth-order valence-electron chi connectivity index (χ4n) is 1.51. The minimum atomic E-state index is -1.41. The number of rotatable bonds is 3. The van der Waals surface area contributed by atoms with E-state index in [2.05, 4.69) is 0 Å². The molecular weight excluding hydrogens is 237 g/mol. The molecule has 2 N–H and O–H groups in total. The van der Waals surface area contributed by atoms with Gasteiger partial charge in [-0.3, -0.25) is 4.21 Å². The van der Waals surface area contributed by atoms with Crippen LogP contribution in [0.15, 0.2) is 53.4 Å². The Labute approximate surface area is 102 Å². The Morgan fingerprint density at radius 3 is 2.41 bits per heavy atom. The minimum absolute atomic E-state index is 0.218. The van der Waals surface area contributed by atoms with Crippen LogP contribution in [-0.2, 0) is 16.6 Å². The number of nitrogens with two attached hydrogens (primary N) is 1. The molecule has 0 heterocycles. The second-order valence-electron chi connectivity index (χ2n) is 3.62. The zero-order valence-corrected chi connectivity index (χ0v) is 9.91. The molecule has 1 atom stereocenters. The molecule has 0 saturated heterocycles. The topological polar surface area (TPSA) is 43.1 Å². The van der Waals surface area contributed by atoms with Gasteiger partial charge in [-0.1, -0.05) is 30.3 Å². The van der Waals surface area contributed by atoms with Gasteiger partial charge in [0, 0.05) is 5.69 Å². The van der Waals surface area contributed by atoms with Crippen molar-refractivity contribution < 1.29 is 8.60 Å². The van der Waals surface area contributed by atoms with E-state index in [0.717, 1.165) is 5.56 Å². The number of para-hydroxylation sites is 1. The van der Waals surface area contributed by atoms with E-state index in [1.807, 2.05) is 12.1 Å². The summed E-state index contributed by atoms with van der Waals surface area (Å²) in [5.41, 5.74) is 7.11. The Balaban J connectivity index is 2.24. The predicted molar refractivity (Wildman–Crippen MR) is 67.4 cm³/mol. The Hall–Kier alpha value is -1.68. The third-order valence-electron chi connectivity index (χ3n) is 2.42. The zero-order chi connectivity index (χ0) is 12.3. The molecule has 4 heteroatoms. The van der Waals surface area contributed by atoms with Crippen LogP contribution in [0.5, 0.6) is 0 Å². The van der Waals surface area contributed by atoms with Gasteiger partial charge < -0.3 is 5.73 Å². The standard InChI is InChI=1S/C13H12FNOS/c14-11-6-2-4-8-13(11)17(16)9-10-5-1-3-7-12(10)15/h1-8H,9,15H2. The van der Waals surface area contributed by atoms with Gasteiger partial charge in [0.05, 0.1) is 21.4 Å². The molecule has 0 fully saturated rings. The number of hydrogen-bond donors (Lipinski definition) is 1. The second-order valence-corrected chi connectivity index (χ2v) is 5.04. The molecule has 2 aromatic rings. The van der Waals surface area contributed by atoms with Crippen LogP contribution in [-0.4, -0.2) is 4.21 Å². The molecule has 0 bridgehead atoms. The molecule has 2 nitrogen and oxygen atoms in total. The Kier molecular flexibility index (Phi) is 3.54. The van der Waals surface area contributed by atoms with Crippen molar-refractivity contribution in [2.45, 2.75) is 10.6 Å². The maximum Gasteiger partial charge on any atom is 0.139 e. The lowest BCUT2D eigenvalue weighted by molar-refractivity contribution is 0.595. The van der Waals surface area contributed by atoms with Gasteiger partial charge in [-0.25, -0.2) is 4.39 Å². The van der Waals surface area contributed by atoms with Crippen LogP contribution in [0.1, 0.15) is 5.56 Å². The van der Waals surface area contributed by atoms with E-state index in [1.165, 1.54) is 12.1 Å². The van der Waals surface area contributed by atoms with Gasteiger partial charge in [0.25, 0.3) is 0 Å². The third kappa shape index (κ3) is 2.71. The lowest BCUT2D eigenvalue weighted by Gasteiger charge is -2.06. The highest BCUT2D eigenvalue weighted by atomic mass is 32.2. The van der Waals surface area contributed by atoms with Gasteiger partial charge in [-0.2, -0.15) is 0 Å². The second kappa shape index (κ2) is 5.10. The smallest absolute Gasteiger partial charge is 0.139 e. The Bertz CT molecular complexity index is 557. The molecule has 2 rings (SSSR count). The summed E-state index contributed by atoms with van der Waals surface area (Å²) in [5, 5.41) is 0. The van der Waals surface area contributed by atoms with E-state index in [4.69, 9.17) is 5.73 Å². The van der Waals surface area contributed by atoms with Crippen LogP contribution in [0.25, 0.3) is 0 Å². The van der Waals surface area contributed by atoms with Crippen LogP contribution in [0.2, 0.25) is 0 Å². The molecule has 1 unspecified atom stereocenters. The van der Waals surface area contributed by atoms with Crippen molar-refractivity contribution in [1.82, 2.24) is 0 Å². The van der Waals surface area contributed by atoms with Crippen LogP contribution < -0.4 is 5.73 Å². The van der Waals surface area contributed by atoms with E-state index in [1.54, 1.807) is 24.3 Å². The lowest BCUT2D eigenvalue weighted by atomic mass is 10.2. The monoisotopic (exact) mass is 249 g/mol. The fourth-order valence-corrected chi connectivity index (χ4v) is 2.73. The van der Waals surface area contributed by atoms with Crippen LogP contribution >= 0.6 is 0 Å². The van der Waals surface area contributed by atoms with E-state index in [9.17, 15) is 8.60 Å². The van der Waals surface area contributed by atoms with Gasteiger partial charge in [0.2, 0.25) is 0 Å². The summed E-state index contributed by atoms with van der Waals surface area (Å²) in [6.45, 7) is 0. The first kappa shape index (κ1) is 11.8. The van der Waals surface area contributed by atoms with Gasteiger partial charge in [-0.15, -0.1) is 0 Å². The van der Waals surface area contributed by atoms with Gasteiger partial charge in [0.15, 0.2) is 0 Å². The van der Waals surface area contributed by atoms with Crippen molar-refractivity contribution in [1.29, 1.82) is 0 Å². The van der Waals surface area contributed by atoms with E-state index in [-0.39, 0.29) is 10.6 Å². The number of anilines is 1. The SMILES string of the molecule is Nc1ccccc1CS(=O)c1ccccc1F. The van der Waals surface area contributed by atoms with Crippen molar-refractivity contribution in [3.8, 4) is 0 Å². The molecule has 2 aromatic carbocycles. The fraction of sp³-hybridized carbons (Fsp3) is 0.0769. The first-order chi connectivity index (χ1) is 8.18. The third-order valence-corrected chi connectivity index (χ3v) is 3.82. The highest BCUT2D eigenvalue weighted by molar-refractivity contribution is 7.84. The number of halogens is 1. The van der Waals surface area contributed by atoms with Crippen LogP contribution in [0.3, 0.4) is 0 Å². The summed E-state index contributed by atoms with van der Waals surface area (Å²) < 4.78 is 25.4. The molecule has 0 aromatic heterocycles. The number of hydrogen-bond acceptors (Lipinski definition) is 2. The Morgan fingerprint density at radius 1 is 1.06 bits per heavy atom. The maximum absolute atomic E-state index is 13.4. The summed E-state index contributed by atoms with van der Waals surface area (Å²) >= 11 is 0. The van der Waals surface area contributed by atoms with Gasteiger partial charge in [-0.05, 0) is 23.8 Å². The van der Waals surface area contributed by atoms with E-state index < -0.39 is 16.6 Å². The van der Waals surface area contributed by atoms with Gasteiger partial charge >= 0.3 is 0 Å². The van der Waals surface area contributed by atoms with Crippen molar-refractivity contribution in [3.05, 3.63) is 59.9 Å². The van der Waals surface area contributed by atoms with Crippen LogP contribution in [0, 0.1) is 5.82 Å². The zero-order valence-electron chi connectivity index (χ0n) is 9.10. The van der Waals surface area contributed by atoms with Crippen molar-refractivity contribution in [2.75, 3.05) is 5.73 Å². The normalized spacial score (nSPS) is 12.3. The highest BCUT2D eigenvalue weighted by Gasteiger charge is 2.11. The van der Waals surface area contributed by atoms with E-state index in [0.29, 0.717) is 5.69 Å².